The van der Waals surface area contributed by atoms with Crippen LogP contribution in [-0.4, -0.2) is 30.3 Å². The number of hydrogen-bond donors (Lipinski definition) is 0. The van der Waals surface area contributed by atoms with Gasteiger partial charge in [0, 0.05) is 5.92 Å². The largest absolute Gasteiger partial charge is 0.338 e. The zero-order chi connectivity index (χ0) is 15.5. The molecule has 22 heavy (non-hydrogen) atoms. The van der Waals surface area contributed by atoms with Gasteiger partial charge < -0.3 is 4.52 Å². The van der Waals surface area contributed by atoms with E-state index in [4.69, 9.17) is 4.52 Å². The van der Waals surface area contributed by atoms with E-state index in [1.165, 1.54) is 11.8 Å². The van der Waals surface area contributed by atoms with Gasteiger partial charge in [-0.15, -0.1) is 5.10 Å². The van der Waals surface area contributed by atoms with Crippen molar-refractivity contribution in [3.8, 4) is 5.69 Å². The van der Waals surface area contributed by atoms with Gasteiger partial charge in [0.1, 0.15) is 0 Å². The summed E-state index contributed by atoms with van der Waals surface area (Å²) in [6.45, 7) is 6.05. The molecule has 0 amide bonds. The molecule has 1 unspecified atom stereocenters. The maximum absolute atomic E-state index is 5.32. The molecule has 2 aromatic heterocycles. The van der Waals surface area contributed by atoms with E-state index in [2.05, 4.69) is 25.7 Å². The zero-order valence-corrected chi connectivity index (χ0v) is 13.4. The number of nitrogens with zero attached hydrogens (tertiary/aromatic N) is 6. The molecule has 0 radical (unpaired) electrons. The van der Waals surface area contributed by atoms with Crippen LogP contribution in [0.15, 0.2) is 40.0 Å². The number of hydrogen-bond acceptors (Lipinski definition) is 7. The van der Waals surface area contributed by atoms with Crippen LogP contribution in [0.5, 0.6) is 0 Å². The van der Waals surface area contributed by atoms with E-state index in [1.54, 1.807) is 4.68 Å². The minimum Gasteiger partial charge on any atom is -0.338 e. The Kier molecular flexibility index (Phi) is 4.19. The molecular weight excluding hydrogens is 300 g/mol. The van der Waals surface area contributed by atoms with E-state index in [0.29, 0.717) is 16.9 Å². The molecule has 0 fully saturated rings. The third-order valence-corrected chi connectivity index (χ3v) is 4.07. The molecule has 0 aliphatic rings. The molecule has 0 bridgehead atoms. The Bertz CT molecular complexity index is 739. The summed E-state index contributed by atoms with van der Waals surface area (Å²) in [5.41, 5.74) is 0.913. The Morgan fingerprint density at radius 3 is 2.59 bits per heavy atom. The summed E-state index contributed by atoms with van der Waals surface area (Å²) in [5, 5.41) is 16.5. The van der Waals surface area contributed by atoms with E-state index >= 15 is 0 Å². The van der Waals surface area contributed by atoms with Crippen LogP contribution < -0.4 is 0 Å². The van der Waals surface area contributed by atoms with Gasteiger partial charge in [0.05, 0.1) is 10.9 Å². The quantitative estimate of drug-likeness (QED) is 0.669. The Labute approximate surface area is 132 Å². The van der Waals surface area contributed by atoms with E-state index < -0.39 is 0 Å². The van der Waals surface area contributed by atoms with Gasteiger partial charge in [0.15, 0.2) is 5.82 Å². The molecule has 0 spiro atoms. The Morgan fingerprint density at radius 1 is 1.14 bits per heavy atom. The van der Waals surface area contributed by atoms with Crippen molar-refractivity contribution >= 4 is 11.8 Å². The van der Waals surface area contributed by atoms with Crippen molar-refractivity contribution in [3.63, 3.8) is 0 Å². The molecule has 0 saturated carbocycles. The molecule has 7 nitrogen and oxygen atoms in total. The highest BCUT2D eigenvalue weighted by Crippen LogP contribution is 2.33. The van der Waals surface area contributed by atoms with Gasteiger partial charge in [-0.3, -0.25) is 0 Å². The Morgan fingerprint density at radius 2 is 1.91 bits per heavy atom. The van der Waals surface area contributed by atoms with Gasteiger partial charge in [-0.2, -0.15) is 9.67 Å². The van der Waals surface area contributed by atoms with Crippen molar-refractivity contribution in [2.75, 3.05) is 0 Å². The number of thioether (sulfide) groups is 1. The first kappa shape index (κ1) is 14.7. The summed E-state index contributed by atoms with van der Waals surface area (Å²) in [7, 11) is 0. The minimum absolute atomic E-state index is 0.0338. The molecular formula is C14H16N6OS. The van der Waals surface area contributed by atoms with Crippen LogP contribution in [0.3, 0.4) is 0 Å². The number of para-hydroxylation sites is 1. The first-order valence-corrected chi connectivity index (χ1v) is 7.87. The van der Waals surface area contributed by atoms with Gasteiger partial charge in [-0.05, 0) is 29.5 Å². The first-order chi connectivity index (χ1) is 10.6. The predicted octanol–water partition coefficient (Wildman–Crippen LogP) is 3.02. The van der Waals surface area contributed by atoms with E-state index in [9.17, 15) is 0 Å². The van der Waals surface area contributed by atoms with Crippen molar-refractivity contribution < 1.29 is 4.52 Å². The van der Waals surface area contributed by atoms with Crippen molar-refractivity contribution in [1.82, 2.24) is 30.3 Å². The highest BCUT2D eigenvalue weighted by molar-refractivity contribution is 7.99. The lowest BCUT2D eigenvalue weighted by molar-refractivity contribution is 0.373. The Balaban J connectivity index is 1.80. The second kappa shape index (κ2) is 6.27. The van der Waals surface area contributed by atoms with Gasteiger partial charge in [-0.25, -0.2) is 0 Å². The van der Waals surface area contributed by atoms with Crippen LogP contribution in [0, 0.1) is 0 Å². The summed E-state index contributed by atoms with van der Waals surface area (Å²) >= 11 is 1.48. The van der Waals surface area contributed by atoms with E-state index in [-0.39, 0.29) is 11.2 Å². The van der Waals surface area contributed by atoms with Crippen LogP contribution >= 0.6 is 11.8 Å². The standard InChI is InChI=1S/C14H16N6OS/c1-9(2)12-15-13(21-17-12)10(3)22-14-16-18-19-20(14)11-7-5-4-6-8-11/h4-10H,1-3H3. The molecule has 114 valence electrons. The van der Waals surface area contributed by atoms with Gasteiger partial charge >= 0.3 is 0 Å². The lowest BCUT2D eigenvalue weighted by Gasteiger charge is -2.06. The normalized spacial score (nSPS) is 12.7. The maximum atomic E-state index is 5.32. The van der Waals surface area contributed by atoms with Crippen molar-refractivity contribution in [2.24, 2.45) is 0 Å². The van der Waals surface area contributed by atoms with Crippen LogP contribution in [-0.2, 0) is 0 Å². The summed E-state index contributed by atoms with van der Waals surface area (Å²) in [4.78, 5) is 4.42. The van der Waals surface area contributed by atoms with Gasteiger partial charge in [-0.1, -0.05) is 49.0 Å². The third kappa shape index (κ3) is 3.01. The lowest BCUT2D eigenvalue weighted by atomic mass is 10.2. The van der Waals surface area contributed by atoms with E-state index in [0.717, 1.165) is 5.69 Å². The number of benzene rings is 1. The second-order valence-electron chi connectivity index (χ2n) is 5.11. The average molecular weight is 316 g/mol. The fourth-order valence-corrected chi connectivity index (χ4v) is 2.68. The molecule has 8 heteroatoms. The lowest BCUT2D eigenvalue weighted by Crippen LogP contribution is -2.00. The Hall–Kier alpha value is -2.22. The highest BCUT2D eigenvalue weighted by atomic mass is 32.2. The van der Waals surface area contributed by atoms with Gasteiger partial charge in [0.25, 0.3) is 0 Å². The summed E-state index contributed by atoms with van der Waals surface area (Å²) in [6.07, 6.45) is 0. The average Bonchev–Trinajstić information content (AvgIpc) is 3.17. The molecule has 2 heterocycles. The van der Waals surface area contributed by atoms with Crippen LogP contribution in [0.4, 0.5) is 0 Å². The smallest absolute Gasteiger partial charge is 0.239 e. The van der Waals surface area contributed by atoms with Crippen LogP contribution in [0.2, 0.25) is 0 Å². The number of aromatic nitrogens is 6. The molecule has 0 aliphatic carbocycles. The summed E-state index contributed by atoms with van der Waals surface area (Å²) in [5.74, 6) is 1.53. The van der Waals surface area contributed by atoms with Crippen molar-refractivity contribution in [2.45, 2.75) is 37.1 Å². The third-order valence-electron chi connectivity index (χ3n) is 3.05. The maximum Gasteiger partial charge on any atom is 0.239 e. The number of rotatable bonds is 5. The molecule has 3 aromatic rings. The van der Waals surface area contributed by atoms with E-state index in [1.807, 2.05) is 51.1 Å². The fraction of sp³-hybridized carbons (Fsp3) is 0.357. The SMILES string of the molecule is CC(C)c1noc(C(C)Sc2nnnn2-c2ccccc2)n1. The molecule has 3 rings (SSSR count). The first-order valence-electron chi connectivity index (χ1n) is 6.99. The topological polar surface area (TPSA) is 82.5 Å². The second-order valence-corrected chi connectivity index (χ2v) is 6.42. The minimum atomic E-state index is -0.0338. The zero-order valence-electron chi connectivity index (χ0n) is 12.5. The molecule has 1 atom stereocenters. The van der Waals surface area contributed by atoms with Gasteiger partial charge in [0.2, 0.25) is 11.0 Å². The van der Waals surface area contributed by atoms with Crippen molar-refractivity contribution in [3.05, 3.63) is 42.0 Å². The highest BCUT2D eigenvalue weighted by Gasteiger charge is 2.20. The summed E-state index contributed by atoms with van der Waals surface area (Å²) < 4.78 is 7.02. The monoisotopic (exact) mass is 316 g/mol. The van der Waals surface area contributed by atoms with Crippen LogP contribution in [0.1, 0.15) is 43.7 Å². The molecule has 0 N–H and O–H groups in total. The van der Waals surface area contributed by atoms with Crippen molar-refractivity contribution in [1.29, 1.82) is 0 Å². The molecule has 0 aliphatic heterocycles. The van der Waals surface area contributed by atoms with Crippen LogP contribution in [0.25, 0.3) is 5.69 Å². The summed E-state index contributed by atoms with van der Waals surface area (Å²) in [6, 6.07) is 9.75. The number of tetrazole rings is 1. The molecule has 0 saturated heterocycles. The fourth-order valence-electron chi connectivity index (χ4n) is 1.84. The molecule has 1 aromatic carbocycles. The predicted molar refractivity (Wildman–Crippen MR) is 81.8 cm³/mol.